The van der Waals surface area contributed by atoms with Crippen LogP contribution in [0, 0.1) is 0 Å². The van der Waals surface area contributed by atoms with E-state index < -0.39 is 10.2 Å². The molecule has 0 aliphatic carbocycles. The highest BCUT2D eigenvalue weighted by atomic mass is 32.2. The van der Waals surface area contributed by atoms with Gasteiger partial charge in [-0.2, -0.15) is 25.2 Å². The number of thiazole rings is 1. The van der Waals surface area contributed by atoms with E-state index in [1.165, 1.54) is 16.2 Å². The van der Waals surface area contributed by atoms with Gasteiger partial charge in [0.05, 0.1) is 12.2 Å². The van der Waals surface area contributed by atoms with Gasteiger partial charge in [-0.1, -0.05) is 0 Å². The molecule has 14 heteroatoms. The highest BCUT2D eigenvalue weighted by Crippen LogP contribution is 2.21. The normalized spacial score (nSPS) is 17.9. The molecule has 2 heterocycles. The molecule has 0 bridgehead atoms. The summed E-state index contributed by atoms with van der Waals surface area (Å²) in [5.74, 6) is 1.41. The summed E-state index contributed by atoms with van der Waals surface area (Å²) in [4.78, 5) is 13.9. The summed E-state index contributed by atoms with van der Waals surface area (Å²) in [6.07, 6.45) is 0. The molecular weight excluding hydrogens is 386 g/mol. The lowest BCUT2D eigenvalue weighted by Crippen LogP contribution is -2.54. The van der Waals surface area contributed by atoms with E-state index in [2.05, 4.69) is 24.1 Å². The predicted octanol–water partition coefficient (Wildman–Crippen LogP) is -0.878. The zero-order valence-corrected chi connectivity index (χ0v) is 15.9. The molecule has 0 unspecified atom stereocenters. The standard InChI is InChI=1S/C11H19N9O2S3/c1-2-20-9(14)18-25(21,22)19-10(20)15-3-4-23-5-7-6-24-11(16-7)17-8(12)13/h6H,2-5H2,1H3,(H2,14,18)(H,15,19)(H4,12,13,16,17). The van der Waals surface area contributed by atoms with Crippen LogP contribution in [-0.2, 0) is 16.0 Å². The Hall–Kier alpha value is -2.06. The van der Waals surface area contributed by atoms with Crippen molar-refractivity contribution in [3.8, 4) is 0 Å². The molecule has 0 saturated carbocycles. The van der Waals surface area contributed by atoms with Crippen molar-refractivity contribution in [2.45, 2.75) is 12.7 Å². The average molecular weight is 406 g/mol. The second-order valence-corrected chi connectivity index (χ2v) is 7.97. The van der Waals surface area contributed by atoms with Gasteiger partial charge in [0.25, 0.3) is 0 Å². The average Bonchev–Trinajstić information content (AvgIpc) is 2.92. The lowest BCUT2D eigenvalue weighted by molar-refractivity contribution is 0.567. The maximum atomic E-state index is 11.6. The number of rotatable bonds is 7. The zero-order valence-electron chi connectivity index (χ0n) is 13.4. The van der Waals surface area contributed by atoms with Gasteiger partial charge in [0, 0.05) is 23.4 Å². The fourth-order valence-electron chi connectivity index (χ4n) is 1.82. The number of nitrogens with one attached hydrogen (secondary N) is 1. The molecule has 0 atom stereocenters. The van der Waals surface area contributed by atoms with Crippen molar-refractivity contribution in [3.05, 3.63) is 11.1 Å². The second kappa shape index (κ2) is 8.35. The van der Waals surface area contributed by atoms with Crippen LogP contribution < -0.4 is 21.9 Å². The number of hydrogen-bond donors (Lipinski definition) is 4. The van der Waals surface area contributed by atoms with E-state index in [0.717, 1.165) is 5.69 Å². The summed E-state index contributed by atoms with van der Waals surface area (Å²) in [6.45, 7) is 2.69. The van der Waals surface area contributed by atoms with Crippen molar-refractivity contribution < 1.29 is 8.42 Å². The van der Waals surface area contributed by atoms with Crippen LogP contribution in [-0.4, -0.2) is 55.0 Å². The lowest BCUT2D eigenvalue weighted by atomic mass is 10.6. The SMILES string of the molecule is CCN1C(N)=NS(=O)(=O)NC1=NCCSCc1csc(N=C(N)N)n1. The minimum atomic E-state index is -3.82. The molecule has 0 saturated heterocycles. The van der Waals surface area contributed by atoms with E-state index >= 15 is 0 Å². The molecule has 1 aliphatic heterocycles. The number of nitrogens with two attached hydrogens (primary N) is 3. The molecule has 0 spiro atoms. The third-order valence-corrected chi connectivity index (χ3v) is 5.42. The third kappa shape index (κ3) is 5.75. The Labute approximate surface area is 153 Å². The van der Waals surface area contributed by atoms with E-state index in [9.17, 15) is 8.42 Å². The van der Waals surface area contributed by atoms with Crippen LogP contribution in [0.5, 0.6) is 0 Å². The summed E-state index contributed by atoms with van der Waals surface area (Å²) in [5.41, 5.74) is 17.1. The molecule has 1 aliphatic rings. The van der Waals surface area contributed by atoms with Gasteiger partial charge in [0.2, 0.25) is 17.1 Å². The monoisotopic (exact) mass is 405 g/mol. The molecule has 0 aromatic carbocycles. The summed E-state index contributed by atoms with van der Waals surface area (Å²) < 4.78 is 28.8. The van der Waals surface area contributed by atoms with Crippen molar-refractivity contribution in [3.63, 3.8) is 0 Å². The molecule has 1 aromatic rings. The number of guanidine groups is 3. The van der Waals surface area contributed by atoms with Crippen molar-refractivity contribution in [2.24, 2.45) is 31.6 Å². The van der Waals surface area contributed by atoms with Crippen LogP contribution in [0.25, 0.3) is 0 Å². The number of nitrogens with zero attached hydrogens (tertiary/aromatic N) is 5. The van der Waals surface area contributed by atoms with Gasteiger partial charge >= 0.3 is 10.2 Å². The summed E-state index contributed by atoms with van der Waals surface area (Å²) >= 11 is 2.96. The van der Waals surface area contributed by atoms with E-state index in [1.54, 1.807) is 11.8 Å². The molecule has 11 nitrogen and oxygen atoms in total. The highest BCUT2D eigenvalue weighted by molar-refractivity contribution is 7.98. The Morgan fingerprint density at radius 3 is 2.92 bits per heavy atom. The number of aromatic nitrogens is 1. The Balaban J connectivity index is 1.85. The molecule has 7 N–H and O–H groups in total. The molecular formula is C11H19N9O2S3. The van der Waals surface area contributed by atoms with Crippen LogP contribution in [0.4, 0.5) is 5.13 Å². The fraction of sp³-hybridized carbons (Fsp3) is 0.455. The highest BCUT2D eigenvalue weighted by Gasteiger charge is 2.25. The van der Waals surface area contributed by atoms with Crippen molar-refractivity contribution >= 4 is 56.3 Å². The van der Waals surface area contributed by atoms with E-state index in [0.29, 0.717) is 29.7 Å². The molecule has 138 valence electrons. The van der Waals surface area contributed by atoms with Gasteiger partial charge in [-0.25, -0.2) is 9.71 Å². The largest absolute Gasteiger partial charge is 0.370 e. The zero-order chi connectivity index (χ0) is 18.4. The van der Waals surface area contributed by atoms with Crippen molar-refractivity contribution in [1.29, 1.82) is 0 Å². The summed E-state index contributed by atoms with van der Waals surface area (Å²) in [6, 6.07) is 0. The summed E-state index contributed by atoms with van der Waals surface area (Å²) in [5, 5.41) is 2.40. The van der Waals surface area contributed by atoms with Gasteiger partial charge in [0.1, 0.15) is 0 Å². The topological polar surface area (TPSA) is 177 Å². The van der Waals surface area contributed by atoms with Crippen molar-refractivity contribution in [2.75, 3.05) is 18.8 Å². The Morgan fingerprint density at radius 1 is 1.48 bits per heavy atom. The second-order valence-electron chi connectivity index (χ2n) is 4.69. The Kier molecular flexibility index (Phi) is 6.44. The predicted molar refractivity (Wildman–Crippen MR) is 102 cm³/mol. The quantitative estimate of drug-likeness (QED) is 0.257. The Bertz CT molecular complexity index is 795. The third-order valence-electron chi connectivity index (χ3n) is 2.79. The fourth-order valence-corrected chi connectivity index (χ4v) is 4.15. The smallest absolute Gasteiger partial charge is 0.347 e. The molecule has 0 amide bonds. The maximum absolute atomic E-state index is 11.6. The molecule has 25 heavy (non-hydrogen) atoms. The van der Waals surface area contributed by atoms with Gasteiger partial charge in [0.15, 0.2) is 5.96 Å². The van der Waals surface area contributed by atoms with Crippen LogP contribution in [0.15, 0.2) is 19.8 Å². The van der Waals surface area contributed by atoms with Gasteiger partial charge in [-0.3, -0.25) is 9.89 Å². The van der Waals surface area contributed by atoms with Crippen molar-refractivity contribution in [1.82, 2.24) is 14.6 Å². The first kappa shape index (κ1) is 19.3. The first-order chi connectivity index (χ1) is 11.8. The molecule has 0 fully saturated rings. The Morgan fingerprint density at radius 2 is 2.24 bits per heavy atom. The van der Waals surface area contributed by atoms with Crippen LogP contribution in [0.2, 0.25) is 0 Å². The number of aliphatic imine (C=N–C) groups is 2. The van der Waals surface area contributed by atoms with Crippen LogP contribution in [0.3, 0.4) is 0 Å². The van der Waals surface area contributed by atoms with Crippen LogP contribution >= 0.6 is 23.1 Å². The minimum absolute atomic E-state index is 0.0254. The lowest BCUT2D eigenvalue weighted by Gasteiger charge is -2.26. The van der Waals surface area contributed by atoms with Gasteiger partial charge in [-0.15, -0.1) is 15.7 Å². The van der Waals surface area contributed by atoms with E-state index in [1.807, 2.05) is 12.3 Å². The maximum Gasteiger partial charge on any atom is 0.347 e. The molecule has 2 rings (SSSR count). The van der Waals surface area contributed by atoms with E-state index in [4.69, 9.17) is 17.2 Å². The molecule has 0 radical (unpaired) electrons. The number of thioether (sulfide) groups is 1. The van der Waals surface area contributed by atoms with Crippen LogP contribution in [0.1, 0.15) is 12.6 Å². The minimum Gasteiger partial charge on any atom is -0.370 e. The molecule has 1 aromatic heterocycles. The van der Waals surface area contributed by atoms with Gasteiger partial charge < -0.3 is 17.2 Å². The number of hydrogen-bond acceptors (Lipinski definition) is 8. The van der Waals surface area contributed by atoms with Gasteiger partial charge in [-0.05, 0) is 6.92 Å². The van der Waals surface area contributed by atoms with E-state index in [-0.39, 0.29) is 17.9 Å². The first-order valence-electron chi connectivity index (χ1n) is 7.12. The summed E-state index contributed by atoms with van der Waals surface area (Å²) in [7, 11) is -3.82. The first-order valence-corrected chi connectivity index (χ1v) is 10.6.